The van der Waals surface area contributed by atoms with Gasteiger partial charge in [-0.25, -0.2) is 0 Å². The number of likely N-dealkylation sites (N-methyl/N-ethyl adjacent to an activating group) is 1. The summed E-state index contributed by atoms with van der Waals surface area (Å²) in [7, 11) is 2.15. The fourth-order valence-electron chi connectivity index (χ4n) is 2.90. The van der Waals surface area contributed by atoms with Crippen LogP contribution in [0.5, 0.6) is 0 Å². The Kier molecular flexibility index (Phi) is 7.73. The number of benzene rings is 1. The first kappa shape index (κ1) is 19.2. The molecule has 2 rings (SSSR count). The summed E-state index contributed by atoms with van der Waals surface area (Å²) >= 11 is 0. The maximum absolute atomic E-state index is 12.0. The molecule has 1 fully saturated rings. The third-order valence-corrected chi connectivity index (χ3v) is 4.47. The zero-order chi connectivity index (χ0) is 18.1. The summed E-state index contributed by atoms with van der Waals surface area (Å²) in [4.78, 5) is 27.4. The van der Waals surface area contributed by atoms with E-state index in [9.17, 15) is 9.59 Å². The van der Waals surface area contributed by atoms with E-state index in [2.05, 4.69) is 39.6 Å². The molecular formula is C19H30N4O2. The fourth-order valence-corrected chi connectivity index (χ4v) is 2.90. The second kappa shape index (κ2) is 10.0. The van der Waals surface area contributed by atoms with Crippen molar-refractivity contribution in [2.45, 2.75) is 32.6 Å². The van der Waals surface area contributed by atoms with Crippen molar-refractivity contribution in [3.63, 3.8) is 0 Å². The van der Waals surface area contributed by atoms with Gasteiger partial charge >= 0.3 is 0 Å². The minimum absolute atomic E-state index is 0.00207. The second-order valence-electron chi connectivity index (χ2n) is 6.68. The molecule has 138 valence electrons. The van der Waals surface area contributed by atoms with Crippen molar-refractivity contribution in [3.8, 4) is 0 Å². The molecular weight excluding hydrogens is 316 g/mol. The molecule has 1 aromatic carbocycles. The van der Waals surface area contributed by atoms with Crippen LogP contribution in [0.1, 0.15) is 32.6 Å². The zero-order valence-corrected chi connectivity index (χ0v) is 15.4. The number of hydrogen-bond donors (Lipinski definition) is 2. The number of amides is 2. The normalized spacial score (nSPS) is 15.0. The molecule has 0 atom stereocenters. The molecule has 0 aliphatic carbocycles. The Morgan fingerprint density at radius 1 is 1.00 bits per heavy atom. The Hall–Kier alpha value is -2.08. The van der Waals surface area contributed by atoms with Crippen LogP contribution in [0.3, 0.4) is 0 Å². The number of rotatable bonds is 8. The first-order valence-electron chi connectivity index (χ1n) is 9.12. The third-order valence-electron chi connectivity index (χ3n) is 4.47. The van der Waals surface area contributed by atoms with E-state index in [1.807, 2.05) is 12.1 Å². The average Bonchev–Trinajstić information content (AvgIpc) is 2.59. The van der Waals surface area contributed by atoms with Gasteiger partial charge in [-0.05, 0) is 44.2 Å². The molecule has 1 aliphatic heterocycles. The van der Waals surface area contributed by atoms with Crippen molar-refractivity contribution in [2.75, 3.05) is 50.0 Å². The van der Waals surface area contributed by atoms with Gasteiger partial charge in [-0.3, -0.25) is 9.59 Å². The highest BCUT2D eigenvalue weighted by Gasteiger charge is 2.14. The standard InChI is InChI=1S/C19H30N4O2/c1-16(24)20-11-5-3-4-6-19(25)21-17-7-9-18(10-8-17)23-14-12-22(2)13-15-23/h7-10H,3-6,11-15H2,1-2H3,(H,20,24)(H,21,25). The number of carbonyl (C=O) groups excluding carboxylic acids is 2. The summed E-state index contributed by atoms with van der Waals surface area (Å²) in [5, 5.41) is 5.71. The summed E-state index contributed by atoms with van der Waals surface area (Å²) in [6.45, 7) is 6.45. The number of piperazine rings is 1. The van der Waals surface area contributed by atoms with Crippen molar-refractivity contribution in [1.82, 2.24) is 10.2 Å². The maximum atomic E-state index is 12.0. The van der Waals surface area contributed by atoms with Gasteiger partial charge in [-0.2, -0.15) is 0 Å². The number of carbonyl (C=O) groups is 2. The SMILES string of the molecule is CC(=O)NCCCCCC(=O)Nc1ccc(N2CCN(C)CC2)cc1. The van der Waals surface area contributed by atoms with Crippen LogP contribution in [0.15, 0.2) is 24.3 Å². The van der Waals surface area contributed by atoms with Gasteiger partial charge in [-0.15, -0.1) is 0 Å². The fraction of sp³-hybridized carbons (Fsp3) is 0.579. The number of anilines is 2. The second-order valence-corrected chi connectivity index (χ2v) is 6.68. The highest BCUT2D eigenvalue weighted by Crippen LogP contribution is 2.19. The molecule has 0 bridgehead atoms. The molecule has 2 N–H and O–H groups in total. The zero-order valence-electron chi connectivity index (χ0n) is 15.4. The minimum Gasteiger partial charge on any atom is -0.369 e. The summed E-state index contributed by atoms with van der Waals surface area (Å²) in [6, 6.07) is 8.10. The van der Waals surface area contributed by atoms with E-state index in [1.165, 1.54) is 12.6 Å². The summed E-state index contributed by atoms with van der Waals surface area (Å²) < 4.78 is 0. The Bertz CT molecular complexity index is 551. The van der Waals surface area contributed by atoms with E-state index in [0.717, 1.165) is 51.1 Å². The Morgan fingerprint density at radius 3 is 2.32 bits per heavy atom. The van der Waals surface area contributed by atoms with Crippen LogP contribution >= 0.6 is 0 Å². The number of nitrogens with one attached hydrogen (secondary N) is 2. The van der Waals surface area contributed by atoms with Crippen molar-refractivity contribution in [2.24, 2.45) is 0 Å². The van der Waals surface area contributed by atoms with Crippen LogP contribution in [0, 0.1) is 0 Å². The molecule has 0 unspecified atom stereocenters. The van der Waals surface area contributed by atoms with E-state index in [-0.39, 0.29) is 11.8 Å². The monoisotopic (exact) mass is 346 g/mol. The van der Waals surface area contributed by atoms with Crippen molar-refractivity contribution < 1.29 is 9.59 Å². The quantitative estimate of drug-likeness (QED) is 0.708. The van der Waals surface area contributed by atoms with Crippen LogP contribution in [0.25, 0.3) is 0 Å². The molecule has 1 heterocycles. The summed E-state index contributed by atoms with van der Waals surface area (Å²) in [6.07, 6.45) is 3.20. The molecule has 1 aromatic rings. The van der Waals surface area contributed by atoms with Crippen LogP contribution in [0.4, 0.5) is 11.4 Å². The van der Waals surface area contributed by atoms with E-state index in [1.54, 1.807) is 0 Å². The average molecular weight is 346 g/mol. The van der Waals surface area contributed by atoms with Gasteiger partial charge < -0.3 is 20.4 Å². The molecule has 25 heavy (non-hydrogen) atoms. The predicted molar refractivity (Wildman–Crippen MR) is 102 cm³/mol. The van der Waals surface area contributed by atoms with E-state index >= 15 is 0 Å². The molecule has 6 nitrogen and oxygen atoms in total. The number of nitrogens with zero attached hydrogens (tertiary/aromatic N) is 2. The topological polar surface area (TPSA) is 64.7 Å². The van der Waals surface area contributed by atoms with Crippen LogP contribution in [0.2, 0.25) is 0 Å². The highest BCUT2D eigenvalue weighted by molar-refractivity contribution is 5.90. The maximum Gasteiger partial charge on any atom is 0.224 e. The highest BCUT2D eigenvalue weighted by atomic mass is 16.2. The lowest BCUT2D eigenvalue weighted by Gasteiger charge is -2.34. The first-order valence-corrected chi connectivity index (χ1v) is 9.12. The van der Waals surface area contributed by atoms with Crippen molar-refractivity contribution >= 4 is 23.2 Å². The largest absolute Gasteiger partial charge is 0.369 e. The van der Waals surface area contributed by atoms with Gasteiger partial charge in [0.05, 0.1) is 0 Å². The van der Waals surface area contributed by atoms with Gasteiger partial charge in [0.15, 0.2) is 0 Å². The minimum atomic E-state index is -0.00207. The van der Waals surface area contributed by atoms with Crippen molar-refractivity contribution in [1.29, 1.82) is 0 Å². The van der Waals surface area contributed by atoms with E-state index in [4.69, 9.17) is 0 Å². The molecule has 0 saturated carbocycles. The molecule has 1 saturated heterocycles. The number of unbranched alkanes of at least 4 members (excludes halogenated alkanes) is 2. The van der Waals surface area contributed by atoms with Crippen LogP contribution in [-0.4, -0.2) is 56.5 Å². The van der Waals surface area contributed by atoms with Gasteiger partial charge in [0.25, 0.3) is 0 Å². The number of hydrogen-bond acceptors (Lipinski definition) is 4. The van der Waals surface area contributed by atoms with Crippen LogP contribution in [-0.2, 0) is 9.59 Å². The van der Waals surface area contributed by atoms with E-state index in [0.29, 0.717) is 13.0 Å². The Morgan fingerprint density at radius 2 is 1.68 bits per heavy atom. The van der Waals surface area contributed by atoms with Gasteiger partial charge in [0.1, 0.15) is 0 Å². The molecule has 0 aromatic heterocycles. The predicted octanol–water partition coefficient (Wildman–Crippen LogP) is 2.07. The molecule has 6 heteroatoms. The van der Waals surface area contributed by atoms with Gasteiger partial charge in [-0.1, -0.05) is 6.42 Å². The lowest BCUT2D eigenvalue weighted by atomic mass is 10.2. The lowest BCUT2D eigenvalue weighted by molar-refractivity contribution is -0.119. The van der Waals surface area contributed by atoms with Crippen LogP contribution < -0.4 is 15.5 Å². The van der Waals surface area contributed by atoms with Gasteiger partial charge in [0, 0.05) is 57.4 Å². The molecule has 2 amide bonds. The van der Waals surface area contributed by atoms with E-state index < -0.39 is 0 Å². The molecule has 1 aliphatic rings. The van der Waals surface area contributed by atoms with Gasteiger partial charge in [0.2, 0.25) is 11.8 Å². The molecule has 0 spiro atoms. The molecule has 0 radical (unpaired) electrons. The lowest BCUT2D eigenvalue weighted by Crippen LogP contribution is -2.44. The van der Waals surface area contributed by atoms with Crippen molar-refractivity contribution in [3.05, 3.63) is 24.3 Å². The third kappa shape index (κ3) is 7.13. The Labute approximate surface area is 150 Å². The first-order chi connectivity index (χ1) is 12.0. The summed E-state index contributed by atoms with van der Waals surface area (Å²) in [5.74, 6) is 0.0460. The summed E-state index contributed by atoms with van der Waals surface area (Å²) in [5.41, 5.74) is 2.06. The smallest absolute Gasteiger partial charge is 0.224 e. The Balaban J connectivity index is 1.66.